The number of benzene rings is 2. The van der Waals surface area contributed by atoms with E-state index in [4.69, 9.17) is 18.6 Å². The van der Waals surface area contributed by atoms with E-state index in [9.17, 15) is 5.11 Å². The maximum Gasteiger partial charge on any atom is 0.276 e. The van der Waals surface area contributed by atoms with Crippen LogP contribution in [-0.4, -0.2) is 40.6 Å². The Bertz CT molecular complexity index is 955. The lowest BCUT2D eigenvalue weighted by atomic mass is 10.1. The molecule has 8 heteroatoms. The summed E-state index contributed by atoms with van der Waals surface area (Å²) in [5, 5.41) is 18.7. The van der Waals surface area contributed by atoms with Gasteiger partial charge in [-0.1, -0.05) is 30.0 Å². The topological polar surface area (TPSA) is 86.8 Å². The van der Waals surface area contributed by atoms with Crippen LogP contribution in [0.5, 0.6) is 17.2 Å². The summed E-state index contributed by atoms with van der Waals surface area (Å²) in [5.41, 5.74) is 2.85. The predicted molar refractivity (Wildman–Crippen MR) is 104 cm³/mol. The van der Waals surface area contributed by atoms with Crippen molar-refractivity contribution >= 4 is 11.8 Å². The number of thioether (sulfide) groups is 1. The molecule has 3 aromatic rings. The van der Waals surface area contributed by atoms with E-state index in [-0.39, 0.29) is 13.4 Å². The lowest BCUT2D eigenvalue weighted by Gasteiger charge is -2.14. The highest BCUT2D eigenvalue weighted by Crippen LogP contribution is 2.36. The molecule has 0 spiro atoms. The number of nitrogens with zero attached hydrogens (tertiary/aromatic N) is 2. The average Bonchev–Trinajstić information content (AvgIpc) is 3.34. The lowest BCUT2D eigenvalue weighted by molar-refractivity contribution is 0.125. The fourth-order valence-corrected chi connectivity index (χ4v) is 3.50. The van der Waals surface area contributed by atoms with Crippen LogP contribution in [-0.2, 0) is 0 Å². The molecule has 146 valence electrons. The Balaban J connectivity index is 1.32. The monoisotopic (exact) mass is 400 g/mol. The molecule has 4 rings (SSSR count). The van der Waals surface area contributed by atoms with Crippen molar-refractivity contribution in [1.29, 1.82) is 0 Å². The molecular weight excluding hydrogens is 380 g/mol. The maximum absolute atomic E-state index is 10.2. The van der Waals surface area contributed by atoms with E-state index >= 15 is 0 Å². The first-order valence-corrected chi connectivity index (χ1v) is 9.82. The molecule has 0 amide bonds. The van der Waals surface area contributed by atoms with E-state index in [1.54, 1.807) is 6.07 Å². The van der Waals surface area contributed by atoms with Crippen molar-refractivity contribution < 1.29 is 23.7 Å². The van der Waals surface area contributed by atoms with Crippen LogP contribution < -0.4 is 14.2 Å². The Morgan fingerprint density at radius 2 is 1.89 bits per heavy atom. The Hall–Kier alpha value is -2.71. The highest BCUT2D eigenvalue weighted by atomic mass is 32.2. The quantitative estimate of drug-likeness (QED) is 0.602. The molecule has 0 saturated heterocycles. The first-order valence-electron chi connectivity index (χ1n) is 8.83. The van der Waals surface area contributed by atoms with E-state index in [2.05, 4.69) is 10.2 Å². The molecule has 2 heterocycles. The van der Waals surface area contributed by atoms with Gasteiger partial charge in [0.2, 0.25) is 12.7 Å². The van der Waals surface area contributed by atoms with Crippen molar-refractivity contribution in [3.63, 3.8) is 0 Å². The van der Waals surface area contributed by atoms with Crippen LogP contribution in [0.3, 0.4) is 0 Å². The summed E-state index contributed by atoms with van der Waals surface area (Å²) in [7, 11) is 0. The lowest BCUT2D eigenvalue weighted by Crippen LogP contribution is -2.20. The zero-order chi connectivity index (χ0) is 19.5. The van der Waals surface area contributed by atoms with Gasteiger partial charge in [0.05, 0.1) is 6.10 Å². The van der Waals surface area contributed by atoms with E-state index in [0.29, 0.717) is 28.4 Å². The van der Waals surface area contributed by atoms with Gasteiger partial charge in [0, 0.05) is 11.3 Å². The van der Waals surface area contributed by atoms with Crippen LogP contribution in [0.2, 0.25) is 0 Å². The molecule has 28 heavy (non-hydrogen) atoms. The highest BCUT2D eigenvalue weighted by molar-refractivity contribution is 7.99. The first kappa shape index (κ1) is 18.6. The van der Waals surface area contributed by atoms with Crippen LogP contribution in [0.25, 0.3) is 11.5 Å². The SMILES string of the molecule is Cc1cccc(C)c1OC[C@@H](O)CSc1nnc(-c2ccc3c(c2)OCO3)o1. The number of hydrogen-bond donors (Lipinski definition) is 1. The Kier molecular flexibility index (Phi) is 5.40. The van der Waals surface area contributed by atoms with Crippen molar-refractivity contribution in [2.45, 2.75) is 25.2 Å². The molecule has 1 aromatic heterocycles. The molecule has 0 unspecified atom stereocenters. The second kappa shape index (κ2) is 8.12. The number of hydrogen-bond acceptors (Lipinski definition) is 8. The Morgan fingerprint density at radius 1 is 1.11 bits per heavy atom. The number of rotatable bonds is 7. The summed E-state index contributed by atoms with van der Waals surface area (Å²) >= 11 is 1.29. The van der Waals surface area contributed by atoms with Gasteiger partial charge in [0.1, 0.15) is 12.4 Å². The summed E-state index contributed by atoms with van der Waals surface area (Å²) in [4.78, 5) is 0. The number of ether oxygens (including phenoxy) is 3. The normalized spacial score (nSPS) is 13.5. The second-order valence-corrected chi connectivity index (χ2v) is 7.41. The third-order valence-electron chi connectivity index (χ3n) is 4.25. The standard InChI is InChI=1S/C20H20N2O5S/c1-12-4-3-5-13(2)18(12)24-9-15(23)10-28-20-22-21-19(27-20)14-6-7-16-17(8-14)26-11-25-16/h3-8,15,23H,9-11H2,1-2H3/t15-/m1/s1. The van der Waals surface area contributed by atoms with E-state index in [1.807, 2.05) is 44.2 Å². The van der Waals surface area contributed by atoms with Crippen LogP contribution in [0.4, 0.5) is 0 Å². The first-order chi connectivity index (χ1) is 13.6. The fourth-order valence-electron chi connectivity index (χ4n) is 2.84. The number of para-hydroxylation sites is 1. The zero-order valence-corrected chi connectivity index (χ0v) is 16.4. The van der Waals surface area contributed by atoms with Crippen molar-refractivity contribution in [3.8, 4) is 28.7 Å². The Morgan fingerprint density at radius 3 is 2.71 bits per heavy atom. The van der Waals surface area contributed by atoms with E-state index in [0.717, 1.165) is 22.4 Å². The third kappa shape index (κ3) is 4.07. The molecule has 1 N–H and O–H groups in total. The second-order valence-electron chi connectivity index (χ2n) is 6.44. The van der Waals surface area contributed by atoms with Crippen molar-refractivity contribution in [2.75, 3.05) is 19.2 Å². The summed E-state index contributed by atoms with van der Waals surface area (Å²) < 4.78 is 22.1. The molecule has 1 aliphatic rings. The summed E-state index contributed by atoms with van der Waals surface area (Å²) in [6.45, 7) is 4.38. The van der Waals surface area contributed by atoms with Gasteiger partial charge in [0.15, 0.2) is 11.5 Å². The van der Waals surface area contributed by atoms with E-state index in [1.165, 1.54) is 11.8 Å². The molecule has 0 aliphatic carbocycles. The zero-order valence-electron chi connectivity index (χ0n) is 15.5. The minimum atomic E-state index is -0.662. The number of aromatic nitrogens is 2. The molecule has 2 aromatic carbocycles. The molecule has 0 saturated carbocycles. The van der Waals surface area contributed by atoms with Crippen LogP contribution in [0.15, 0.2) is 46.0 Å². The van der Waals surface area contributed by atoms with Gasteiger partial charge >= 0.3 is 0 Å². The van der Waals surface area contributed by atoms with Crippen molar-refractivity contribution in [3.05, 3.63) is 47.5 Å². The number of aryl methyl sites for hydroxylation is 2. The third-order valence-corrected chi connectivity index (χ3v) is 5.22. The van der Waals surface area contributed by atoms with Gasteiger partial charge in [-0.25, -0.2) is 0 Å². The maximum atomic E-state index is 10.2. The average molecular weight is 400 g/mol. The smallest absolute Gasteiger partial charge is 0.276 e. The van der Waals surface area contributed by atoms with Crippen molar-refractivity contribution in [2.24, 2.45) is 0 Å². The molecule has 0 radical (unpaired) electrons. The van der Waals surface area contributed by atoms with Crippen LogP contribution >= 0.6 is 11.8 Å². The van der Waals surface area contributed by atoms with Gasteiger partial charge in [-0.2, -0.15) is 0 Å². The van der Waals surface area contributed by atoms with Gasteiger partial charge in [0.25, 0.3) is 5.22 Å². The largest absolute Gasteiger partial charge is 0.490 e. The minimum Gasteiger partial charge on any atom is -0.490 e. The predicted octanol–water partition coefficient (Wildman–Crippen LogP) is 3.61. The van der Waals surface area contributed by atoms with Gasteiger partial charge in [-0.15, -0.1) is 10.2 Å². The number of fused-ring (bicyclic) bond motifs is 1. The highest BCUT2D eigenvalue weighted by Gasteiger charge is 2.17. The molecule has 7 nitrogen and oxygen atoms in total. The van der Waals surface area contributed by atoms with E-state index < -0.39 is 6.10 Å². The van der Waals surface area contributed by atoms with Gasteiger partial charge in [-0.3, -0.25) is 0 Å². The molecule has 1 atom stereocenters. The van der Waals surface area contributed by atoms with Gasteiger partial charge in [-0.05, 0) is 43.2 Å². The van der Waals surface area contributed by atoms with Crippen molar-refractivity contribution in [1.82, 2.24) is 10.2 Å². The molecule has 0 fully saturated rings. The summed E-state index contributed by atoms with van der Waals surface area (Å²) in [5.74, 6) is 2.94. The summed E-state index contributed by atoms with van der Waals surface area (Å²) in [6, 6.07) is 11.4. The number of aliphatic hydroxyl groups is 1. The minimum absolute atomic E-state index is 0.196. The fraction of sp³-hybridized carbons (Fsp3) is 0.300. The number of aliphatic hydroxyl groups excluding tert-OH is 1. The van der Waals surface area contributed by atoms with Gasteiger partial charge < -0.3 is 23.7 Å². The Labute approximate surface area is 166 Å². The summed E-state index contributed by atoms with van der Waals surface area (Å²) in [6.07, 6.45) is -0.662. The van der Waals surface area contributed by atoms with Crippen LogP contribution in [0.1, 0.15) is 11.1 Å². The molecule has 1 aliphatic heterocycles. The molecular formula is C20H20N2O5S. The molecule has 0 bridgehead atoms. The van der Waals surface area contributed by atoms with Crippen LogP contribution in [0, 0.1) is 13.8 Å².